The summed E-state index contributed by atoms with van der Waals surface area (Å²) in [6.07, 6.45) is 0. The number of rotatable bonds is 7. The number of amides is 1. The standard InChI is InChI=1S/C22H19N7OS/c23-29-21(16-7-3-1-4-8-16)27-28-22(29)31-15-20(30)24-17-11-13-19(14-12-17)26-25-18-9-5-2-6-10-18/h1-14H,15,23H2,(H,24,30). The first-order valence-corrected chi connectivity index (χ1v) is 10.4. The molecule has 0 bridgehead atoms. The molecule has 9 heteroatoms. The van der Waals surface area contributed by atoms with Gasteiger partial charge in [-0.2, -0.15) is 10.2 Å². The summed E-state index contributed by atoms with van der Waals surface area (Å²) in [7, 11) is 0. The van der Waals surface area contributed by atoms with Gasteiger partial charge < -0.3 is 11.2 Å². The number of carbonyl (C=O) groups is 1. The Balaban J connectivity index is 1.31. The number of nitrogens with zero attached hydrogens (tertiary/aromatic N) is 5. The number of benzene rings is 3. The van der Waals surface area contributed by atoms with Crippen LogP contribution in [0, 0.1) is 0 Å². The fourth-order valence-corrected chi connectivity index (χ4v) is 3.36. The van der Waals surface area contributed by atoms with E-state index in [9.17, 15) is 4.79 Å². The summed E-state index contributed by atoms with van der Waals surface area (Å²) in [5.74, 6) is 6.61. The van der Waals surface area contributed by atoms with Crippen molar-refractivity contribution in [3.63, 3.8) is 0 Å². The summed E-state index contributed by atoms with van der Waals surface area (Å²) in [6, 6.07) is 26.1. The van der Waals surface area contributed by atoms with Crippen LogP contribution in [0.25, 0.3) is 11.4 Å². The van der Waals surface area contributed by atoms with Gasteiger partial charge in [0, 0.05) is 11.3 Å². The Morgan fingerprint density at radius 2 is 1.48 bits per heavy atom. The minimum absolute atomic E-state index is 0.152. The van der Waals surface area contributed by atoms with Gasteiger partial charge in [-0.05, 0) is 36.4 Å². The largest absolute Gasteiger partial charge is 0.335 e. The molecule has 3 N–H and O–H groups in total. The second-order valence-corrected chi connectivity index (χ2v) is 7.40. The summed E-state index contributed by atoms with van der Waals surface area (Å²) in [4.78, 5) is 12.3. The van der Waals surface area contributed by atoms with E-state index < -0.39 is 0 Å². The molecular formula is C22H19N7OS. The number of nitrogen functional groups attached to an aromatic ring is 1. The number of anilines is 1. The lowest BCUT2D eigenvalue weighted by atomic mass is 10.2. The van der Waals surface area contributed by atoms with E-state index in [0.717, 1.165) is 11.3 Å². The predicted molar refractivity (Wildman–Crippen MR) is 122 cm³/mol. The molecule has 31 heavy (non-hydrogen) atoms. The predicted octanol–water partition coefficient (Wildman–Crippen LogP) is 4.81. The van der Waals surface area contributed by atoms with Crippen LogP contribution < -0.4 is 11.2 Å². The molecule has 0 unspecified atom stereocenters. The van der Waals surface area contributed by atoms with E-state index in [1.807, 2.05) is 60.7 Å². The van der Waals surface area contributed by atoms with Crippen molar-refractivity contribution in [2.24, 2.45) is 10.2 Å². The first-order chi connectivity index (χ1) is 15.2. The molecule has 1 heterocycles. The molecule has 4 aromatic rings. The van der Waals surface area contributed by atoms with Gasteiger partial charge in [-0.1, -0.05) is 60.3 Å². The van der Waals surface area contributed by atoms with Crippen LogP contribution in [0.2, 0.25) is 0 Å². The third kappa shape index (κ3) is 5.34. The Morgan fingerprint density at radius 3 is 2.16 bits per heavy atom. The molecule has 8 nitrogen and oxygen atoms in total. The Labute approximate surface area is 183 Å². The molecule has 4 rings (SSSR count). The van der Waals surface area contributed by atoms with E-state index in [1.165, 1.54) is 16.4 Å². The van der Waals surface area contributed by atoms with Gasteiger partial charge in [0.1, 0.15) is 0 Å². The molecule has 0 aliphatic heterocycles. The fraction of sp³-hybridized carbons (Fsp3) is 0.0455. The van der Waals surface area contributed by atoms with Crippen LogP contribution >= 0.6 is 11.8 Å². The van der Waals surface area contributed by atoms with Gasteiger partial charge >= 0.3 is 0 Å². The first-order valence-electron chi connectivity index (χ1n) is 9.44. The van der Waals surface area contributed by atoms with Crippen LogP contribution in [0.4, 0.5) is 17.1 Å². The smallest absolute Gasteiger partial charge is 0.234 e. The third-order valence-corrected chi connectivity index (χ3v) is 5.16. The number of hydrogen-bond donors (Lipinski definition) is 2. The molecule has 0 aliphatic rings. The van der Waals surface area contributed by atoms with Crippen molar-refractivity contribution in [2.45, 2.75) is 5.16 Å². The van der Waals surface area contributed by atoms with Gasteiger partial charge in [0.05, 0.1) is 17.1 Å². The third-order valence-electron chi connectivity index (χ3n) is 4.22. The van der Waals surface area contributed by atoms with Crippen molar-refractivity contribution >= 4 is 34.7 Å². The first kappa shape index (κ1) is 20.3. The Morgan fingerprint density at radius 1 is 0.871 bits per heavy atom. The summed E-state index contributed by atoms with van der Waals surface area (Å²) >= 11 is 1.22. The lowest BCUT2D eigenvalue weighted by Gasteiger charge is -2.06. The van der Waals surface area contributed by atoms with Crippen molar-refractivity contribution in [3.05, 3.63) is 84.9 Å². The average molecular weight is 430 g/mol. The van der Waals surface area contributed by atoms with E-state index in [0.29, 0.717) is 22.4 Å². The number of carbonyl (C=O) groups excluding carboxylic acids is 1. The summed E-state index contributed by atoms with van der Waals surface area (Å²) in [5, 5.41) is 19.8. The van der Waals surface area contributed by atoms with Gasteiger partial charge in [0.15, 0.2) is 5.82 Å². The van der Waals surface area contributed by atoms with Crippen LogP contribution in [0.15, 0.2) is 100 Å². The highest BCUT2D eigenvalue weighted by molar-refractivity contribution is 7.99. The fourth-order valence-electron chi connectivity index (χ4n) is 2.71. The summed E-state index contributed by atoms with van der Waals surface area (Å²) < 4.78 is 1.39. The minimum Gasteiger partial charge on any atom is -0.335 e. The molecule has 154 valence electrons. The monoisotopic (exact) mass is 429 g/mol. The van der Waals surface area contributed by atoms with Crippen molar-refractivity contribution in [1.82, 2.24) is 14.9 Å². The maximum atomic E-state index is 12.3. The number of hydrogen-bond acceptors (Lipinski definition) is 7. The van der Waals surface area contributed by atoms with Crippen molar-refractivity contribution in [1.29, 1.82) is 0 Å². The van der Waals surface area contributed by atoms with E-state index >= 15 is 0 Å². The maximum Gasteiger partial charge on any atom is 0.234 e. The summed E-state index contributed by atoms with van der Waals surface area (Å²) in [5.41, 5.74) is 3.00. The molecule has 0 atom stereocenters. The van der Waals surface area contributed by atoms with Crippen LogP contribution in [0.3, 0.4) is 0 Å². The zero-order valence-corrected chi connectivity index (χ0v) is 17.2. The Hall–Kier alpha value is -3.98. The molecule has 0 spiro atoms. The highest BCUT2D eigenvalue weighted by atomic mass is 32.2. The molecule has 0 saturated heterocycles. The molecule has 0 radical (unpaired) electrons. The van der Waals surface area contributed by atoms with Crippen molar-refractivity contribution < 1.29 is 4.79 Å². The maximum absolute atomic E-state index is 12.3. The Kier molecular flexibility index (Phi) is 6.34. The molecule has 3 aromatic carbocycles. The van der Waals surface area contributed by atoms with Crippen molar-refractivity contribution in [2.75, 3.05) is 16.9 Å². The van der Waals surface area contributed by atoms with Crippen LogP contribution in [-0.4, -0.2) is 26.5 Å². The van der Waals surface area contributed by atoms with Gasteiger partial charge in [0.2, 0.25) is 11.1 Å². The molecule has 0 saturated carbocycles. The molecule has 1 aromatic heterocycles. The summed E-state index contributed by atoms with van der Waals surface area (Å²) in [6.45, 7) is 0. The van der Waals surface area contributed by atoms with Crippen molar-refractivity contribution in [3.8, 4) is 11.4 Å². The van der Waals surface area contributed by atoms with Gasteiger partial charge in [-0.3, -0.25) is 4.79 Å². The van der Waals surface area contributed by atoms with Crippen LogP contribution in [-0.2, 0) is 4.79 Å². The number of azo groups is 1. The van der Waals surface area contributed by atoms with Gasteiger partial charge in [0.25, 0.3) is 0 Å². The lowest BCUT2D eigenvalue weighted by Crippen LogP contribution is -2.16. The SMILES string of the molecule is Nn1c(SCC(=O)Nc2ccc(N=Nc3ccccc3)cc2)nnc1-c1ccccc1. The van der Waals surface area contributed by atoms with Crippen LogP contribution in [0.1, 0.15) is 0 Å². The molecular weight excluding hydrogens is 410 g/mol. The minimum atomic E-state index is -0.173. The van der Waals surface area contributed by atoms with E-state index in [4.69, 9.17) is 5.84 Å². The normalized spacial score (nSPS) is 11.0. The van der Waals surface area contributed by atoms with E-state index in [2.05, 4.69) is 25.7 Å². The van der Waals surface area contributed by atoms with Crippen LogP contribution in [0.5, 0.6) is 0 Å². The zero-order valence-electron chi connectivity index (χ0n) is 16.4. The highest BCUT2D eigenvalue weighted by Gasteiger charge is 2.13. The number of nitrogens with one attached hydrogen (secondary N) is 1. The number of thioether (sulfide) groups is 1. The number of aromatic nitrogens is 3. The molecule has 0 fully saturated rings. The zero-order chi connectivity index (χ0) is 21.5. The van der Waals surface area contributed by atoms with Gasteiger partial charge in [-0.15, -0.1) is 10.2 Å². The average Bonchev–Trinajstić information content (AvgIpc) is 3.19. The second-order valence-electron chi connectivity index (χ2n) is 6.46. The van der Waals surface area contributed by atoms with E-state index in [-0.39, 0.29) is 11.7 Å². The molecule has 0 aliphatic carbocycles. The Bertz CT molecular complexity index is 1180. The highest BCUT2D eigenvalue weighted by Crippen LogP contribution is 2.22. The second kappa shape index (κ2) is 9.68. The lowest BCUT2D eigenvalue weighted by molar-refractivity contribution is -0.113. The topological polar surface area (TPSA) is 111 Å². The molecule has 1 amide bonds. The van der Waals surface area contributed by atoms with E-state index in [1.54, 1.807) is 24.3 Å². The number of nitrogens with two attached hydrogens (primary N) is 1. The van der Waals surface area contributed by atoms with Gasteiger partial charge in [-0.25, -0.2) is 4.68 Å². The quantitative estimate of drug-likeness (QED) is 0.249.